The highest BCUT2D eigenvalue weighted by molar-refractivity contribution is 6.98. The topological polar surface area (TPSA) is 99.6 Å². The van der Waals surface area contributed by atoms with Gasteiger partial charge in [0.2, 0.25) is 11.9 Å². The number of benzene rings is 2. The fourth-order valence-corrected chi connectivity index (χ4v) is 9.56. The average molecular weight is 546 g/mol. The van der Waals surface area contributed by atoms with Crippen molar-refractivity contribution in [3.8, 4) is 0 Å². The van der Waals surface area contributed by atoms with E-state index >= 15 is 0 Å². The number of ether oxygens (including phenoxy) is 1. The van der Waals surface area contributed by atoms with Gasteiger partial charge in [0.25, 0.3) is 8.32 Å². The maximum absolute atomic E-state index is 12.4. The van der Waals surface area contributed by atoms with E-state index in [9.17, 15) is 9.59 Å². The number of nitrogens with one attached hydrogen (secondary N) is 2. The summed E-state index contributed by atoms with van der Waals surface area (Å²) in [5.41, 5.74) is 1.40. The summed E-state index contributed by atoms with van der Waals surface area (Å²) in [4.78, 5) is 35.9. The molecule has 1 amide bonds. The van der Waals surface area contributed by atoms with E-state index < -0.39 is 8.32 Å². The van der Waals surface area contributed by atoms with Gasteiger partial charge < -0.3 is 25.1 Å². The summed E-state index contributed by atoms with van der Waals surface area (Å²) < 4.78 is 6.20. The molecule has 206 valence electrons. The van der Waals surface area contributed by atoms with E-state index in [4.69, 9.17) is 9.72 Å². The highest BCUT2D eigenvalue weighted by Gasteiger charge is 2.50. The number of rotatable bonds is 8. The second-order valence-corrected chi connectivity index (χ2v) is 15.4. The Labute approximate surface area is 232 Å². The van der Waals surface area contributed by atoms with Gasteiger partial charge in [0.1, 0.15) is 11.7 Å². The quantitative estimate of drug-likeness (QED) is 0.373. The van der Waals surface area contributed by atoms with Crippen LogP contribution in [0.1, 0.15) is 45.7 Å². The number of fused-ring (bicyclic) bond motifs is 1. The van der Waals surface area contributed by atoms with Gasteiger partial charge in [-0.2, -0.15) is 4.98 Å². The Morgan fingerprint density at radius 3 is 2.33 bits per heavy atom. The molecule has 0 spiro atoms. The van der Waals surface area contributed by atoms with Crippen LogP contribution in [0.25, 0.3) is 0 Å². The van der Waals surface area contributed by atoms with Gasteiger partial charge in [-0.05, 0) is 48.5 Å². The Hall–Kier alpha value is -3.27. The first-order valence-corrected chi connectivity index (χ1v) is 15.7. The number of aromatic nitrogens is 2. The van der Waals surface area contributed by atoms with Crippen LogP contribution in [0.15, 0.2) is 60.7 Å². The van der Waals surface area contributed by atoms with E-state index in [0.29, 0.717) is 18.2 Å². The molecule has 1 aromatic heterocycles. The lowest BCUT2D eigenvalue weighted by Gasteiger charge is -2.41. The summed E-state index contributed by atoms with van der Waals surface area (Å²) >= 11 is 0. The zero-order valence-electron chi connectivity index (χ0n) is 23.4. The minimum absolute atomic E-state index is 0.0538. The number of hydrogen-bond donors (Lipinski definition) is 3. The lowest BCUT2D eigenvalue weighted by atomic mass is 10.0. The molecule has 3 aromatic rings. The number of hydrogen-bond acceptors (Lipinski definition) is 7. The van der Waals surface area contributed by atoms with Crippen molar-refractivity contribution in [3.63, 3.8) is 0 Å². The maximum Gasteiger partial charge on any atom is 0.258 e. The first-order chi connectivity index (χ1) is 18.6. The summed E-state index contributed by atoms with van der Waals surface area (Å²) in [5, 5.41) is 8.14. The molecule has 8 nitrogen and oxygen atoms in total. The molecular formula is C30H39N5O3Si. The Bertz CT molecular complexity index is 1280. The van der Waals surface area contributed by atoms with Crippen LogP contribution < -0.4 is 25.9 Å². The van der Waals surface area contributed by atoms with Gasteiger partial charge in [0.15, 0.2) is 5.82 Å². The summed E-state index contributed by atoms with van der Waals surface area (Å²) in [7, 11) is -1.16. The fraction of sp³-hybridized carbons (Fsp3) is 0.433. The molecule has 1 fully saturated rings. The number of carbonyl (C=O) groups is 1. The minimum atomic E-state index is -3.04. The van der Waals surface area contributed by atoms with Crippen LogP contribution in [-0.2, 0) is 9.53 Å². The molecule has 9 heteroatoms. The second-order valence-electron chi connectivity index (χ2n) is 11.5. The standard InChI is InChI=1S/C30H39N5O3Si/c1-20-26-27(35(5)21(2)28(36)33-26)34-29(31-20)32-22-18-23(38-19-22)16-17-30(3,4)39(37,24-12-8-6-9-13-24)25-14-10-7-11-15-25/h6-15,21-23,37H,16-19H2,1-5H3,(H,33,36)(H,31,32,34)/t21-,22?,23?/m0/s1. The molecule has 3 atom stereocenters. The van der Waals surface area contributed by atoms with Gasteiger partial charge in [-0.3, -0.25) is 4.79 Å². The molecule has 0 aliphatic carbocycles. The molecule has 3 heterocycles. The molecule has 0 radical (unpaired) electrons. The highest BCUT2D eigenvalue weighted by Crippen LogP contribution is 2.41. The SMILES string of the molecule is Cc1nc(NC2COC(CCC(C)(C)[Si](O)(c3ccccc3)c3ccccc3)C2)nc2c1NC(=O)[C@H](C)N2C. The third-order valence-electron chi connectivity index (χ3n) is 8.48. The van der Waals surface area contributed by atoms with Crippen molar-refractivity contribution in [3.05, 3.63) is 66.4 Å². The third-order valence-corrected chi connectivity index (χ3v) is 13.0. The molecule has 5 rings (SSSR count). The van der Waals surface area contributed by atoms with E-state index in [1.165, 1.54) is 0 Å². The molecule has 2 aliphatic rings. The number of carbonyl (C=O) groups excluding carboxylic acids is 1. The molecule has 39 heavy (non-hydrogen) atoms. The molecule has 2 unspecified atom stereocenters. The largest absolute Gasteiger partial charge is 0.424 e. The van der Waals surface area contributed by atoms with Crippen LogP contribution in [0.5, 0.6) is 0 Å². The van der Waals surface area contributed by atoms with Crippen molar-refractivity contribution >= 4 is 42.1 Å². The number of likely N-dealkylation sites (N-methyl/N-ethyl adjacent to an activating group) is 1. The highest BCUT2D eigenvalue weighted by atomic mass is 28.4. The summed E-state index contributed by atoms with van der Waals surface area (Å²) in [6.45, 7) is 8.72. The van der Waals surface area contributed by atoms with Gasteiger partial charge in [0.05, 0.1) is 24.4 Å². The van der Waals surface area contributed by atoms with Gasteiger partial charge in [-0.15, -0.1) is 0 Å². The molecule has 0 saturated carbocycles. The Kier molecular flexibility index (Phi) is 7.50. The van der Waals surface area contributed by atoms with Gasteiger partial charge in [-0.1, -0.05) is 74.5 Å². The van der Waals surface area contributed by atoms with Crippen molar-refractivity contribution in [2.24, 2.45) is 0 Å². The van der Waals surface area contributed by atoms with Crippen molar-refractivity contribution in [1.82, 2.24) is 9.97 Å². The van der Waals surface area contributed by atoms with Crippen LogP contribution in [0, 0.1) is 6.92 Å². The summed E-state index contributed by atoms with van der Waals surface area (Å²) in [5.74, 6) is 1.22. The molecule has 1 saturated heterocycles. The number of anilines is 3. The number of aryl methyl sites for hydroxylation is 1. The Balaban J connectivity index is 1.26. The maximum atomic E-state index is 12.4. The van der Waals surface area contributed by atoms with Crippen molar-refractivity contribution in [2.45, 2.75) is 70.2 Å². The summed E-state index contributed by atoms with van der Waals surface area (Å²) in [6.07, 6.45) is 2.63. The fourth-order valence-electron chi connectivity index (χ4n) is 5.81. The third kappa shape index (κ3) is 5.18. The Morgan fingerprint density at radius 1 is 1.10 bits per heavy atom. The number of amides is 1. The van der Waals surface area contributed by atoms with E-state index in [-0.39, 0.29) is 29.1 Å². The molecule has 3 N–H and O–H groups in total. The predicted octanol–water partition coefficient (Wildman–Crippen LogP) is 3.44. The van der Waals surface area contributed by atoms with E-state index in [2.05, 4.69) is 53.7 Å². The van der Waals surface area contributed by atoms with Gasteiger partial charge >= 0.3 is 0 Å². The van der Waals surface area contributed by atoms with Crippen LogP contribution >= 0.6 is 0 Å². The zero-order valence-corrected chi connectivity index (χ0v) is 24.4. The molecule has 2 aromatic carbocycles. The smallest absolute Gasteiger partial charge is 0.258 e. The van der Waals surface area contributed by atoms with E-state index in [1.54, 1.807) is 0 Å². The second kappa shape index (κ2) is 10.7. The number of nitrogens with zero attached hydrogens (tertiary/aromatic N) is 3. The zero-order chi connectivity index (χ0) is 27.8. The molecule has 0 bridgehead atoms. The first-order valence-electron chi connectivity index (χ1n) is 13.7. The average Bonchev–Trinajstić information content (AvgIpc) is 3.39. The lowest BCUT2D eigenvalue weighted by Crippen LogP contribution is -2.65. The summed E-state index contributed by atoms with van der Waals surface area (Å²) in [6, 6.07) is 20.1. The van der Waals surface area contributed by atoms with Gasteiger partial charge in [-0.25, -0.2) is 4.98 Å². The predicted molar refractivity (Wildman–Crippen MR) is 158 cm³/mol. The van der Waals surface area contributed by atoms with Crippen LogP contribution in [-0.4, -0.2) is 60.8 Å². The normalized spacial score (nSPS) is 21.4. The van der Waals surface area contributed by atoms with Crippen molar-refractivity contribution in [1.29, 1.82) is 0 Å². The van der Waals surface area contributed by atoms with Crippen LogP contribution in [0.2, 0.25) is 5.04 Å². The van der Waals surface area contributed by atoms with E-state index in [1.807, 2.05) is 62.2 Å². The van der Waals surface area contributed by atoms with Gasteiger partial charge in [0, 0.05) is 7.05 Å². The van der Waals surface area contributed by atoms with Crippen LogP contribution in [0.3, 0.4) is 0 Å². The first kappa shape index (κ1) is 27.3. The molecule has 2 aliphatic heterocycles. The van der Waals surface area contributed by atoms with Crippen LogP contribution in [0.4, 0.5) is 17.5 Å². The Morgan fingerprint density at radius 2 is 1.72 bits per heavy atom. The molecular weight excluding hydrogens is 506 g/mol. The monoisotopic (exact) mass is 545 g/mol. The van der Waals surface area contributed by atoms with E-state index in [0.717, 1.165) is 41.1 Å². The van der Waals surface area contributed by atoms with Crippen molar-refractivity contribution < 1.29 is 14.3 Å². The van der Waals surface area contributed by atoms with Crippen molar-refractivity contribution in [2.75, 3.05) is 29.2 Å². The lowest BCUT2D eigenvalue weighted by molar-refractivity contribution is -0.117. The minimum Gasteiger partial charge on any atom is -0.424 e.